The number of rotatable bonds is 6. The highest BCUT2D eigenvalue weighted by atomic mass is 32.1. The van der Waals surface area contributed by atoms with Crippen LogP contribution in [0.4, 0.5) is 9.52 Å². The molecule has 2 N–H and O–H groups in total. The SMILES string of the molecule is CN(C)CC(=O)NC1CCC(CNc2nc3c(s2)CCCc2ccc(F)cc2-3)CC1. The van der Waals surface area contributed by atoms with E-state index in [9.17, 15) is 9.18 Å². The first-order valence-electron chi connectivity index (χ1n) is 10.9. The Bertz CT molecular complexity index is 889. The maximum Gasteiger partial charge on any atom is 0.234 e. The summed E-state index contributed by atoms with van der Waals surface area (Å²) < 4.78 is 13.8. The smallest absolute Gasteiger partial charge is 0.234 e. The second-order valence-corrected chi connectivity index (χ2v) is 9.93. The summed E-state index contributed by atoms with van der Waals surface area (Å²) in [4.78, 5) is 19.9. The van der Waals surface area contributed by atoms with Crippen LogP contribution < -0.4 is 10.6 Å². The third-order valence-corrected chi connectivity index (χ3v) is 7.16. The van der Waals surface area contributed by atoms with Gasteiger partial charge in [-0.05, 0) is 82.7 Å². The van der Waals surface area contributed by atoms with Gasteiger partial charge in [-0.3, -0.25) is 4.79 Å². The Labute approximate surface area is 182 Å². The van der Waals surface area contributed by atoms with Crippen LogP contribution in [0.15, 0.2) is 18.2 Å². The minimum absolute atomic E-state index is 0.113. The van der Waals surface area contributed by atoms with Crippen molar-refractivity contribution in [3.63, 3.8) is 0 Å². The Balaban J connectivity index is 1.31. The Hall–Kier alpha value is -1.99. The van der Waals surface area contributed by atoms with Crippen LogP contribution in [0.1, 0.15) is 42.5 Å². The molecule has 1 saturated carbocycles. The van der Waals surface area contributed by atoms with E-state index in [0.717, 1.165) is 67.9 Å². The topological polar surface area (TPSA) is 57.3 Å². The number of carbonyl (C=O) groups excluding carboxylic acids is 1. The molecule has 7 heteroatoms. The molecule has 4 rings (SSSR count). The van der Waals surface area contributed by atoms with E-state index in [4.69, 9.17) is 4.98 Å². The zero-order valence-electron chi connectivity index (χ0n) is 17.8. The van der Waals surface area contributed by atoms with Crippen molar-refractivity contribution in [1.29, 1.82) is 0 Å². The van der Waals surface area contributed by atoms with Gasteiger partial charge in [-0.15, -0.1) is 11.3 Å². The van der Waals surface area contributed by atoms with Crippen molar-refractivity contribution in [2.75, 3.05) is 32.5 Å². The standard InChI is InChI=1S/C23H31FN4OS/c1-28(2)14-21(29)26-18-10-6-15(7-11-18)13-25-23-27-22-19-12-17(24)9-8-16(19)4-3-5-20(22)30-23/h8-9,12,15,18H,3-7,10-11,13-14H2,1-2H3,(H,25,27)(H,26,29). The monoisotopic (exact) mass is 430 g/mol. The fourth-order valence-corrected chi connectivity index (χ4v) is 5.56. The van der Waals surface area contributed by atoms with Crippen molar-refractivity contribution in [3.8, 4) is 11.3 Å². The molecule has 1 amide bonds. The van der Waals surface area contributed by atoms with Gasteiger partial charge in [0, 0.05) is 23.0 Å². The van der Waals surface area contributed by atoms with Crippen LogP contribution in [0, 0.1) is 11.7 Å². The minimum Gasteiger partial charge on any atom is -0.361 e. The molecule has 0 bridgehead atoms. The lowest BCUT2D eigenvalue weighted by atomic mass is 9.86. The first kappa shape index (κ1) is 21.2. The molecule has 0 spiro atoms. The van der Waals surface area contributed by atoms with Gasteiger partial charge < -0.3 is 15.5 Å². The van der Waals surface area contributed by atoms with E-state index in [1.165, 1.54) is 10.4 Å². The number of hydrogen-bond donors (Lipinski definition) is 2. The van der Waals surface area contributed by atoms with Gasteiger partial charge in [0.05, 0.1) is 12.2 Å². The summed E-state index contributed by atoms with van der Waals surface area (Å²) in [5.41, 5.74) is 3.12. The molecule has 0 radical (unpaired) electrons. The van der Waals surface area contributed by atoms with Gasteiger partial charge in [0.1, 0.15) is 5.82 Å². The predicted molar refractivity (Wildman–Crippen MR) is 120 cm³/mol. The number of benzene rings is 1. The quantitative estimate of drug-likeness (QED) is 0.725. The second kappa shape index (κ2) is 9.43. The van der Waals surface area contributed by atoms with Crippen LogP contribution in [0.25, 0.3) is 11.3 Å². The number of hydrogen-bond acceptors (Lipinski definition) is 5. The largest absolute Gasteiger partial charge is 0.361 e. The van der Waals surface area contributed by atoms with Crippen molar-refractivity contribution in [3.05, 3.63) is 34.5 Å². The number of fused-ring (bicyclic) bond motifs is 3. The molecule has 0 unspecified atom stereocenters. The van der Waals surface area contributed by atoms with Gasteiger partial charge in [0.25, 0.3) is 0 Å². The Morgan fingerprint density at radius 2 is 2.03 bits per heavy atom. The summed E-state index contributed by atoms with van der Waals surface area (Å²) in [6.45, 7) is 1.35. The fraction of sp³-hybridized carbons (Fsp3) is 0.565. The summed E-state index contributed by atoms with van der Waals surface area (Å²) in [5, 5.41) is 7.64. The van der Waals surface area contributed by atoms with E-state index in [1.807, 2.05) is 25.1 Å². The maximum atomic E-state index is 13.8. The van der Waals surface area contributed by atoms with Crippen molar-refractivity contribution in [1.82, 2.24) is 15.2 Å². The lowest BCUT2D eigenvalue weighted by Crippen LogP contribution is -2.42. The average Bonchev–Trinajstić information content (AvgIpc) is 3.03. The molecular weight excluding hydrogens is 399 g/mol. The molecule has 1 fully saturated rings. The van der Waals surface area contributed by atoms with Gasteiger partial charge in [0.15, 0.2) is 5.13 Å². The number of nitrogens with one attached hydrogen (secondary N) is 2. The average molecular weight is 431 g/mol. The lowest BCUT2D eigenvalue weighted by Gasteiger charge is -2.29. The number of carbonyl (C=O) groups is 1. The van der Waals surface area contributed by atoms with Crippen molar-refractivity contribution >= 4 is 22.4 Å². The number of aromatic nitrogens is 1. The van der Waals surface area contributed by atoms with E-state index in [2.05, 4.69) is 10.6 Å². The van der Waals surface area contributed by atoms with Gasteiger partial charge >= 0.3 is 0 Å². The number of anilines is 1. The van der Waals surface area contributed by atoms with Crippen LogP contribution in [-0.2, 0) is 17.6 Å². The molecule has 5 nitrogen and oxygen atoms in total. The van der Waals surface area contributed by atoms with Crippen LogP contribution >= 0.6 is 11.3 Å². The third-order valence-electron chi connectivity index (χ3n) is 6.09. The highest BCUT2D eigenvalue weighted by Crippen LogP contribution is 2.37. The third kappa shape index (κ3) is 5.19. The number of halogens is 1. The second-order valence-electron chi connectivity index (χ2n) is 8.85. The van der Waals surface area contributed by atoms with Crippen LogP contribution in [-0.4, -0.2) is 49.0 Å². The molecule has 2 aromatic rings. The zero-order valence-corrected chi connectivity index (χ0v) is 18.7. The van der Waals surface area contributed by atoms with Crippen molar-refractivity contribution in [2.45, 2.75) is 51.0 Å². The summed E-state index contributed by atoms with van der Waals surface area (Å²) in [5.74, 6) is 0.515. The fourth-order valence-electron chi connectivity index (χ4n) is 4.54. The normalized spacial score (nSPS) is 20.9. The van der Waals surface area contributed by atoms with Crippen molar-refractivity contribution in [2.24, 2.45) is 5.92 Å². The molecule has 2 aliphatic carbocycles. The first-order valence-corrected chi connectivity index (χ1v) is 11.8. The number of likely N-dealkylation sites (N-methyl/N-ethyl adjacent to an activating group) is 1. The molecule has 162 valence electrons. The van der Waals surface area contributed by atoms with Gasteiger partial charge in [-0.2, -0.15) is 0 Å². The molecule has 0 atom stereocenters. The molecule has 1 aromatic carbocycles. The van der Waals surface area contributed by atoms with E-state index in [1.54, 1.807) is 23.5 Å². The van der Waals surface area contributed by atoms with Gasteiger partial charge in [-0.1, -0.05) is 6.07 Å². The number of nitrogens with zero attached hydrogens (tertiary/aromatic N) is 2. The Morgan fingerprint density at radius 1 is 1.23 bits per heavy atom. The molecule has 0 aliphatic heterocycles. The van der Waals surface area contributed by atoms with Gasteiger partial charge in [-0.25, -0.2) is 9.37 Å². The van der Waals surface area contributed by atoms with Crippen LogP contribution in [0.5, 0.6) is 0 Å². The van der Waals surface area contributed by atoms with Crippen LogP contribution in [0.3, 0.4) is 0 Å². The highest BCUT2D eigenvalue weighted by molar-refractivity contribution is 7.16. The minimum atomic E-state index is -0.196. The molecule has 30 heavy (non-hydrogen) atoms. The predicted octanol–water partition coefficient (Wildman–Crippen LogP) is 4.09. The van der Waals surface area contributed by atoms with E-state index < -0.39 is 0 Å². The van der Waals surface area contributed by atoms with E-state index >= 15 is 0 Å². The van der Waals surface area contributed by atoms with Crippen LogP contribution in [0.2, 0.25) is 0 Å². The Kier molecular flexibility index (Phi) is 6.68. The maximum absolute atomic E-state index is 13.8. The molecule has 2 aliphatic rings. The van der Waals surface area contributed by atoms with Crippen molar-refractivity contribution < 1.29 is 9.18 Å². The summed E-state index contributed by atoms with van der Waals surface area (Å²) in [7, 11) is 3.82. The van der Waals surface area contributed by atoms with E-state index in [0.29, 0.717) is 18.5 Å². The number of aryl methyl sites for hydroxylation is 2. The number of thiazole rings is 1. The molecule has 1 aromatic heterocycles. The van der Waals surface area contributed by atoms with E-state index in [-0.39, 0.29) is 11.7 Å². The molecule has 0 saturated heterocycles. The Morgan fingerprint density at radius 3 is 2.80 bits per heavy atom. The highest BCUT2D eigenvalue weighted by Gasteiger charge is 2.24. The summed E-state index contributed by atoms with van der Waals surface area (Å²) in [6, 6.07) is 5.39. The summed E-state index contributed by atoms with van der Waals surface area (Å²) in [6.07, 6.45) is 7.35. The lowest BCUT2D eigenvalue weighted by molar-refractivity contribution is -0.122. The molecular formula is C23H31FN4OS. The van der Waals surface area contributed by atoms with Gasteiger partial charge in [0.2, 0.25) is 5.91 Å². The molecule has 1 heterocycles. The first-order chi connectivity index (χ1) is 14.5. The number of amides is 1. The summed E-state index contributed by atoms with van der Waals surface area (Å²) >= 11 is 1.71. The zero-order chi connectivity index (χ0) is 21.1.